The van der Waals surface area contributed by atoms with Gasteiger partial charge in [-0.05, 0) is 16.6 Å². The van der Waals surface area contributed by atoms with Crippen molar-refractivity contribution in [2.75, 3.05) is 6.73 Å². The number of benzene rings is 1. The maximum absolute atomic E-state index is 11.5. The van der Waals surface area contributed by atoms with E-state index in [9.17, 15) is 18.5 Å². The van der Waals surface area contributed by atoms with Gasteiger partial charge in [-0.2, -0.15) is 0 Å². The molecule has 1 aliphatic rings. The van der Waals surface area contributed by atoms with Gasteiger partial charge in [-0.25, -0.2) is 8.42 Å². The van der Waals surface area contributed by atoms with Crippen LogP contribution in [0.2, 0.25) is 0 Å². The summed E-state index contributed by atoms with van der Waals surface area (Å²) >= 11 is 0. The molecule has 1 saturated heterocycles. The number of nitro benzene ring substituents is 1. The van der Waals surface area contributed by atoms with Gasteiger partial charge in [0.25, 0.3) is 15.7 Å². The number of hydrogen-bond acceptors (Lipinski definition) is 5. The average molecular weight is 230 g/mol. The predicted octanol–water partition coefficient (Wildman–Crippen LogP) is 0.488. The molecule has 1 unspecified atom stereocenters. The quantitative estimate of drug-likeness (QED) is 0.428. The van der Waals surface area contributed by atoms with E-state index in [-0.39, 0.29) is 17.3 Å². The molecule has 2 rings (SSSR count). The number of nitrogens with zero attached hydrogens (tertiary/aromatic N) is 2. The number of nitro groups is 1. The molecule has 8 heteroatoms. The molecule has 1 heterocycles. The van der Waals surface area contributed by atoms with Crippen LogP contribution in [0.25, 0.3) is 0 Å². The maximum Gasteiger partial charge on any atom is 0.269 e. The summed E-state index contributed by atoms with van der Waals surface area (Å²) in [5, 5.41) is 10.3. The van der Waals surface area contributed by atoms with E-state index in [1.165, 1.54) is 12.1 Å². The molecule has 1 atom stereocenters. The Morgan fingerprint density at radius 3 is 2.27 bits per heavy atom. The molecule has 1 aliphatic heterocycles. The van der Waals surface area contributed by atoms with E-state index in [0.29, 0.717) is 0 Å². The Morgan fingerprint density at radius 2 is 1.87 bits per heavy atom. The third-order valence-electron chi connectivity index (χ3n) is 1.85. The zero-order valence-corrected chi connectivity index (χ0v) is 8.18. The first-order valence-corrected chi connectivity index (χ1v) is 5.36. The van der Waals surface area contributed by atoms with Crippen LogP contribution in [0.3, 0.4) is 0 Å². The van der Waals surface area contributed by atoms with Crippen molar-refractivity contribution in [3.63, 3.8) is 0 Å². The van der Waals surface area contributed by atoms with E-state index in [1.54, 1.807) is 0 Å². The molecule has 0 saturated carbocycles. The van der Waals surface area contributed by atoms with Gasteiger partial charge in [-0.3, -0.25) is 15.0 Å². The molecule has 0 spiro atoms. The van der Waals surface area contributed by atoms with Crippen LogP contribution in [-0.4, -0.2) is 24.5 Å². The van der Waals surface area contributed by atoms with E-state index in [1.807, 2.05) is 0 Å². The second kappa shape index (κ2) is 3.26. The highest BCUT2D eigenvalue weighted by molar-refractivity contribution is 7.89. The van der Waals surface area contributed by atoms with Crippen LogP contribution in [0.5, 0.6) is 0 Å². The van der Waals surface area contributed by atoms with Crippen LogP contribution in [0.4, 0.5) is 5.69 Å². The van der Waals surface area contributed by atoms with Crippen LogP contribution < -0.4 is 0 Å². The van der Waals surface area contributed by atoms with Crippen molar-refractivity contribution in [2.45, 2.75) is 4.90 Å². The summed E-state index contributed by atoms with van der Waals surface area (Å²) in [6.45, 7) is 0.0271. The van der Waals surface area contributed by atoms with Gasteiger partial charge >= 0.3 is 0 Å². The Labute approximate surface area is 85.0 Å². The third kappa shape index (κ3) is 1.82. The second-order valence-electron chi connectivity index (χ2n) is 2.82. The van der Waals surface area contributed by atoms with Crippen LogP contribution in [0.15, 0.2) is 29.2 Å². The summed E-state index contributed by atoms with van der Waals surface area (Å²) in [5.41, 5.74) is -0.152. The van der Waals surface area contributed by atoms with Gasteiger partial charge in [0.05, 0.1) is 9.82 Å². The molecule has 80 valence electrons. The van der Waals surface area contributed by atoms with Crippen LogP contribution >= 0.6 is 0 Å². The van der Waals surface area contributed by atoms with E-state index >= 15 is 0 Å². The lowest BCUT2D eigenvalue weighted by Gasteiger charge is -2.00. The molecular weight excluding hydrogens is 224 g/mol. The Balaban J connectivity index is 2.35. The predicted molar refractivity (Wildman–Crippen MR) is 48.1 cm³/mol. The Morgan fingerprint density at radius 1 is 1.33 bits per heavy atom. The topological polar surface area (TPSA) is 92.8 Å². The first kappa shape index (κ1) is 10.0. The first-order chi connectivity index (χ1) is 7.01. The molecule has 0 N–H and O–H groups in total. The fraction of sp³-hybridized carbons (Fsp3) is 0.143. The summed E-state index contributed by atoms with van der Waals surface area (Å²) in [6.07, 6.45) is 0. The van der Waals surface area contributed by atoms with Crippen LogP contribution in [0.1, 0.15) is 0 Å². The lowest BCUT2D eigenvalue weighted by molar-refractivity contribution is -0.384. The average Bonchev–Trinajstić information content (AvgIpc) is 3.01. The van der Waals surface area contributed by atoms with Crippen molar-refractivity contribution >= 4 is 15.7 Å². The van der Waals surface area contributed by atoms with Gasteiger partial charge in [0.2, 0.25) is 0 Å². The lowest BCUT2D eigenvalue weighted by atomic mass is 10.3. The Bertz CT molecular complexity index is 491. The zero-order valence-electron chi connectivity index (χ0n) is 7.36. The fourth-order valence-corrected chi connectivity index (χ4v) is 2.06. The number of hydrogen-bond donors (Lipinski definition) is 0. The van der Waals surface area contributed by atoms with Gasteiger partial charge < -0.3 is 0 Å². The zero-order chi connectivity index (χ0) is 11.1. The summed E-state index contributed by atoms with van der Waals surface area (Å²) in [7, 11) is -3.62. The molecule has 7 nitrogen and oxygen atoms in total. The van der Waals surface area contributed by atoms with Crippen molar-refractivity contribution in [3.8, 4) is 0 Å². The maximum atomic E-state index is 11.5. The number of hydroxylamine groups is 1. The van der Waals surface area contributed by atoms with Gasteiger partial charge in [0.1, 0.15) is 0 Å². The van der Waals surface area contributed by atoms with Gasteiger partial charge in [0.15, 0.2) is 6.73 Å². The fourth-order valence-electron chi connectivity index (χ4n) is 1.02. The summed E-state index contributed by atoms with van der Waals surface area (Å²) in [6, 6.07) is 4.62. The van der Waals surface area contributed by atoms with Crippen molar-refractivity contribution in [2.24, 2.45) is 0 Å². The van der Waals surface area contributed by atoms with E-state index in [0.717, 1.165) is 16.6 Å². The largest absolute Gasteiger partial charge is 0.269 e. The molecule has 1 aromatic carbocycles. The smallest absolute Gasteiger partial charge is 0.262 e. The number of sulfonamides is 1. The molecule has 0 aromatic heterocycles. The minimum Gasteiger partial charge on any atom is -0.262 e. The SMILES string of the molecule is O=[N+]([O-])c1ccc(S(=O)(=O)N2CO2)cc1. The van der Waals surface area contributed by atoms with E-state index < -0.39 is 14.9 Å². The molecule has 15 heavy (non-hydrogen) atoms. The number of rotatable bonds is 3. The van der Waals surface area contributed by atoms with Crippen LogP contribution in [-0.2, 0) is 14.9 Å². The first-order valence-electron chi connectivity index (χ1n) is 3.92. The van der Waals surface area contributed by atoms with Crippen molar-refractivity contribution in [3.05, 3.63) is 34.4 Å². The lowest BCUT2D eigenvalue weighted by Crippen LogP contribution is -2.11. The van der Waals surface area contributed by atoms with Crippen molar-refractivity contribution in [1.29, 1.82) is 0 Å². The van der Waals surface area contributed by atoms with Crippen molar-refractivity contribution < 1.29 is 18.2 Å². The molecule has 0 radical (unpaired) electrons. The molecule has 0 amide bonds. The molecule has 0 bridgehead atoms. The minimum atomic E-state index is -3.62. The summed E-state index contributed by atoms with van der Waals surface area (Å²) in [5.74, 6) is 0. The minimum absolute atomic E-state index is 0.0226. The monoisotopic (exact) mass is 230 g/mol. The van der Waals surface area contributed by atoms with E-state index in [2.05, 4.69) is 4.84 Å². The number of non-ortho nitro benzene ring substituents is 1. The molecule has 1 fully saturated rings. The molecule has 1 aromatic rings. The Kier molecular flexibility index (Phi) is 2.18. The standard InChI is InChI=1S/C7H6N2O5S/c10-9(11)6-1-3-7(4-2-6)15(12,13)8-5-14-8/h1-4H,5H2. The highest BCUT2D eigenvalue weighted by atomic mass is 32.2. The van der Waals surface area contributed by atoms with Gasteiger partial charge in [-0.15, -0.1) is 0 Å². The molecule has 0 aliphatic carbocycles. The van der Waals surface area contributed by atoms with E-state index in [4.69, 9.17) is 0 Å². The van der Waals surface area contributed by atoms with Crippen LogP contribution in [0, 0.1) is 10.1 Å². The highest BCUT2D eigenvalue weighted by Crippen LogP contribution is 2.24. The summed E-state index contributed by atoms with van der Waals surface area (Å²) < 4.78 is 23.8. The van der Waals surface area contributed by atoms with Gasteiger partial charge in [-0.1, -0.05) is 0 Å². The normalized spacial score (nSPS) is 19.9. The summed E-state index contributed by atoms with van der Waals surface area (Å²) in [4.78, 5) is 14.2. The van der Waals surface area contributed by atoms with Gasteiger partial charge in [0, 0.05) is 12.1 Å². The second-order valence-corrected chi connectivity index (χ2v) is 4.65. The molecular formula is C7H6N2O5S. The third-order valence-corrected chi connectivity index (χ3v) is 3.46. The highest BCUT2D eigenvalue weighted by Gasteiger charge is 2.35. The van der Waals surface area contributed by atoms with Crippen molar-refractivity contribution in [1.82, 2.24) is 4.47 Å². The Hall–Kier alpha value is -1.51.